The first-order valence-electron chi connectivity index (χ1n) is 24.9. The fraction of sp³-hybridized carbons (Fsp3) is 0.863. The Labute approximate surface area is 364 Å². The molecule has 59 heavy (non-hydrogen) atoms. The molecule has 8 heteroatoms. The summed E-state index contributed by atoms with van der Waals surface area (Å²) in [5.41, 5.74) is 0. The summed E-state index contributed by atoms with van der Waals surface area (Å²) in [6.07, 6.45) is 47.7. The molecule has 0 fully saturated rings. The van der Waals surface area contributed by atoms with Gasteiger partial charge in [0.1, 0.15) is 12.6 Å². The molecule has 8 nitrogen and oxygen atoms in total. The number of carbonyl (C=O) groups excluding carboxylic acids is 3. The van der Waals surface area contributed by atoms with Crippen molar-refractivity contribution in [1.82, 2.24) is 0 Å². The van der Waals surface area contributed by atoms with Gasteiger partial charge >= 0.3 is 11.9 Å². The van der Waals surface area contributed by atoms with E-state index in [-0.39, 0.29) is 42.7 Å². The van der Waals surface area contributed by atoms with Gasteiger partial charge in [0.2, 0.25) is 0 Å². The molecule has 0 saturated heterocycles. The number of ether oxygens (including phenoxy) is 3. The van der Waals surface area contributed by atoms with Crippen LogP contribution in [0.3, 0.4) is 0 Å². The predicted molar refractivity (Wildman–Crippen MR) is 245 cm³/mol. The van der Waals surface area contributed by atoms with Crippen molar-refractivity contribution in [2.75, 3.05) is 41.0 Å². The number of carbonyl (C=O) groups is 3. The van der Waals surface area contributed by atoms with Gasteiger partial charge in [-0.1, -0.05) is 173 Å². The zero-order valence-corrected chi connectivity index (χ0v) is 39.4. The third-order valence-electron chi connectivity index (χ3n) is 11.3. The Bertz CT molecular complexity index is 1020. The van der Waals surface area contributed by atoms with E-state index in [0.717, 1.165) is 38.5 Å². The van der Waals surface area contributed by atoms with Gasteiger partial charge in [-0.2, -0.15) is 0 Å². The lowest BCUT2D eigenvalue weighted by molar-refractivity contribution is -0.889. The van der Waals surface area contributed by atoms with Crippen molar-refractivity contribution in [1.29, 1.82) is 0 Å². The molecule has 0 aliphatic rings. The maximum atomic E-state index is 12.8. The number of carboxylic acid groups (broad SMARTS) is 1. The van der Waals surface area contributed by atoms with Crippen LogP contribution in [0.4, 0.5) is 0 Å². The quantitative estimate of drug-likeness (QED) is 0.0260. The highest BCUT2D eigenvalue weighted by molar-refractivity contribution is 5.70. The van der Waals surface area contributed by atoms with E-state index in [1.165, 1.54) is 161 Å². The molecule has 0 aromatic heterocycles. The number of aliphatic carboxylic acids is 1. The predicted octanol–water partition coefficient (Wildman–Crippen LogP) is 12.7. The first-order chi connectivity index (χ1) is 28.6. The van der Waals surface area contributed by atoms with E-state index in [9.17, 15) is 19.5 Å². The fourth-order valence-corrected chi connectivity index (χ4v) is 7.41. The van der Waals surface area contributed by atoms with Gasteiger partial charge in [-0.3, -0.25) is 9.59 Å². The second-order valence-corrected chi connectivity index (χ2v) is 18.0. The second kappa shape index (κ2) is 42.5. The van der Waals surface area contributed by atoms with Crippen molar-refractivity contribution in [3.8, 4) is 0 Å². The molecule has 0 aliphatic heterocycles. The lowest BCUT2D eigenvalue weighted by atomic mass is 10.1. The van der Waals surface area contributed by atoms with E-state index in [2.05, 4.69) is 38.2 Å². The minimum atomic E-state index is -1.12. The minimum Gasteiger partial charge on any atom is -0.544 e. The first kappa shape index (κ1) is 56.8. The van der Waals surface area contributed by atoms with Crippen molar-refractivity contribution in [2.45, 2.75) is 244 Å². The second-order valence-electron chi connectivity index (χ2n) is 18.0. The molecule has 0 N–H and O–H groups in total. The Hall–Kier alpha value is -2.19. The van der Waals surface area contributed by atoms with Gasteiger partial charge in [-0.25, -0.2) is 0 Å². The summed E-state index contributed by atoms with van der Waals surface area (Å²) in [5, 5.41) is 11.6. The Morgan fingerprint density at radius 2 is 0.847 bits per heavy atom. The van der Waals surface area contributed by atoms with Crippen LogP contribution in [-0.4, -0.2) is 75.5 Å². The Kier molecular flexibility index (Phi) is 40.9. The van der Waals surface area contributed by atoms with E-state index < -0.39 is 18.1 Å². The minimum absolute atomic E-state index is 0.0408. The number of rotatable bonds is 45. The number of nitrogens with zero attached hydrogens (tertiary/aromatic N) is 1. The molecule has 0 radical (unpaired) electrons. The fourth-order valence-electron chi connectivity index (χ4n) is 7.41. The topological polar surface area (TPSA) is 102 Å². The molecule has 2 unspecified atom stereocenters. The highest BCUT2D eigenvalue weighted by Gasteiger charge is 2.25. The Morgan fingerprint density at radius 1 is 0.492 bits per heavy atom. The van der Waals surface area contributed by atoms with Gasteiger partial charge in [0.25, 0.3) is 0 Å². The van der Waals surface area contributed by atoms with Gasteiger partial charge in [-0.15, -0.1) is 0 Å². The van der Waals surface area contributed by atoms with Gasteiger partial charge in [0.05, 0.1) is 40.3 Å². The van der Waals surface area contributed by atoms with Crippen molar-refractivity contribution < 1.29 is 38.2 Å². The van der Waals surface area contributed by atoms with E-state index in [1.54, 1.807) is 21.1 Å². The number of hydrogen-bond acceptors (Lipinski definition) is 7. The third kappa shape index (κ3) is 41.0. The summed E-state index contributed by atoms with van der Waals surface area (Å²) >= 11 is 0. The molecule has 0 heterocycles. The summed E-state index contributed by atoms with van der Waals surface area (Å²) in [6.45, 7) is 4.67. The Balaban J connectivity index is 4.26. The van der Waals surface area contributed by atoms with Gasteiger partial charge in [0.15, 0.2) is 6.10 Å². The molecule has 0 bridgehead atoms. The number of allylic oxidation sites excluding steroid dienone is 4. The van der Waals surface area contributed by atoms with Crippen LogP contribution in [0.2, 0.25) is 0 Å². The summed E-state index contributed by atoms with van der Waals surface area (Å²) in [6, 6.07) is -0.725. The zero-order chi connectivity index (χ0) is 43.5. The lowest BCUT2D eigenvalue weighted by Gasteiger charge is -2.34. The van der Waals surface area contributed by atoms with Crippen LogP contribution in [0.25, 0.3) is 0 Å². The molecule has 2 atom stereocenters. The maximum absolute atomic E-state index is 12.8. The number of likely N-dealkylation sites (N-methyl/N-ethyl adjacent to an activating group) is 1. The van der Waals surface area contributed by atoms with Crippen LogP contribution in [0, 0.1) is 0 Å². The third-order valence-corrected chi connectivity index (χ3v) is 11.3. The van der Waals surface area contributed by atoms with E-state index in [0.29, 0.717) is 12.8 Å². The van der Waals surface area contributed by atoms with E-state index >= 15 is 0 Å². The van der Waals surface area contributed by atoms with Gasteiger partial charge < -0.3 is 28.6 Å². The van der Waals surface area contributed by atoms with E-state index in [1.807, 2.05) is 0 Å². The summed E-state index contributed by atoms with van der Waals surface area (Å²) < 4.78 is 17.2. The molecule has 0 amide bonds. The first-order valence-corrected chi connectivity index (χ1v) is 24.9. The van der Waals surface area contributed by atoms with Crippen molar-refractivity contribution in [3.05, 3.63) is 24.3 Å². The summed E-state index contributed by atoms with van der Waals surface area (Å²) in [4.78, 5) is 37.0. The zero-order valence-electron chi connectivity index (χ0n) is 39.4. The van der Waals surface area contributed by atoms with Crippen LogP contribution in [0.1, 0.15) is 232 Å². The van der Waals surface area contributed by atoms with Crippen LogP contribution in [0.15, 0.2) is 24.3 Å². The standard InChI is InChI=1S/C51H95NO7/c1-6-8-10-12-14-16-18-20-22-23-24-25-26-28-30-32-34-36-38-40-42-50(54)59-47(45-57-44-43-48(51(55)56)52(3,4)5)46-58-49(53)41-39-37-35-33-31-29-27-21-19-17-15-13-11-9-7-2/h17,19,24-25,47-48H,6-16,18,20-23,26-46H2,1-5H3/b19-17+,25-24+. The van der Waals surface area contributed by atoms with Crippen LogP contribution in [-0.2, 0) is 28.6 Å². The van der Waals surface area contributed by atoms with Gasteiger partial charge in [0, 0.05) is 19.3 Å². The van der Waals surface area contributed by atoms with Crippen LogP contribution in [0.5, 0.6) is 0 Å². The van der Waals surface area contributed by atoms with E-state index in [4.69, 9.17) is 14.2 Å². The molecular weight excluding hydrogens is 739 g/mol. The average Bonchev–Trinajstić information content (AvgIpc) is 3.19. The SMILES string of the molecule is CCCCCC/C=C/CCCCCCCCCC(=O)OCC(COCCC(C(=O)[O-])[N+](C)(C)C)OC(=O)CCCCCCCCC/C=C/CCCCCCCCCCC. The molecular formula is C51H95NO7. The highest BCUT2D eigenvalue weighted by Crippen LogP contribution is 2.15. The average molecular weight is 834 g/mol. The number of hydrogen-bond donors (Lipinski definition) is 0. The summed E-state index contributed by atoms with van der Waals surface area (Å²) in [5.74, 6) is -1.73. The molecule has 0 aromatic carbocycles. The lowest BCUT2D eigenvalue weighted by Crippen LogP contribution is -2.55. The van der Waals surface area contributed by atoms with Gasteiger partial charge in [-0.05, 0) is 64.2 Å². The van der Waals surface area contributed by atoms with Crippen LogP contribution < -0.4 is 5.11 Å². The normalized spacial score (nSPS) is 13.0. The Morgan fingerprint density at radius 3 is 1.24 bits per heavy atom. The van der Waals surface area contributed by atoms with Crippen molar-refractivity contribution in [2.24, 2.45) is 0 Å². The van der Waals surface area contributed by atoms with Crippen molar-refractivity contribution in [3.63, 3.8) is 0 Å². The largest absolute Gasteiger partial charge is 0.544 e. The number of unbranched alkanes of at least 4 members (excludes halogenated alkanes) is 27. The maximum Gasteiger partial charge on any atom is 0.306 e. The monoisotopic (exact) mass is 834 g/mol. The number of quaternary nitrogens is 1. The summed E-state index contributed by atoms with van der Waals surface area (Å²) in [7, 11) is 5.42. The molecule has 0 spiro atoms. The van der Waals surface area contributed by atoms with Crippen molar-refractivity contribution >= 4 is 17.9 Å². The molecule has 0 rings (SSSR count). The highest BCUT2D eigenvalue weighted by atomic mass is 16.6. The molecule has 0 aliphatic carbocycles. The van der Waals surface area contributed by atoms with Crippen LogP contribution >= 0.6 is 0 Å². The number of carboxylic acids is 1. The molecule has 346 valence electrons. The molecule has 0 aromatic rings. The smallest absolute Gasteiger partial charge is 0.306 e. The number of esters is 2. The molecule has 0 saturated carbocycles.